The molecule has 1 saturated heterocycles. The maximum absolute atomic E-state index is 12.9. The van der Waals surface area contributed by atoms with Crippen LogP contribution in [0.2, 0.25) is 5.02 Å². The van der Waals surface area contributed by atoms with Crippen molar-refractivity contribution in [3.63, 3.8) is 0 Å². The van der Waals surface area contributed by atoms with Crippen molar-refractivity contribution in [2.75, 3.05) is 32.0 Å². The molecule has 2 aromatic rings. The highest BCUT2D eigenvalue weighted by Crippen LogP contribution is 2.26. The van der Waals surface area contributed by atoms with Crippen LogP contribution in [-0.2, 0) is 14.8 Å². The maximum Gasteiger partial charge on any atom is 0.255 e. The summed E-state index contributed by atoms with van der Waals surface area (Å²) in [5.74, 6) is -0.896. The van der Waals surface area contributed by atoms with Gasteiger partial charge in [0, 0.05) is 25.8 Å². The number of sulfonamides is 1. The molecular weight excluding hydrogens is 438 g/mol. The van der Waals surface area contributed by atoms with Crippen molar-refractivity contribution >= 4 is 39.1 Å². The number of carbonyl (C=O) groups excluding carboxylic acids is 2. The van der Waals surface area contributed by atoms with Gasteiger partial charge in [-0.2, -0.15) is 4.31 Å². The lowest BCUT2D eigenvalue weighted by Gasteiger charge is -2.26. The van der Waals surface area contributed by atoms with Crippen molar-refractivity contribution < 1.29 is 18.0 Å². The second-order valence-electron chi connectivity index (χ2n) is 7.68. The van der Waals surface area contributed by atoms with Gasteiger partial charge in [-0.3, -0.25) is 9.59 Å². The van der Waals surface area contributed by atoms with Crippen LogP contribution in [-0.4, -0.2) is 56.1 Å². The monoisotopic (exact) mass is 463 g/mol. The fourth-order valence-electron chi connectivity index (χ4n) is 3.41. The SMILES string of the molecule is Cc1ccc(NC(=O)CN(C)C(=O)c2cc(S(=O)(=O)N3CCCCC3)ccc2Cl)cc1. The third kappa shape index (κ3) is 5.64. The molecule has 0 aromatic heterocycles. The van der Waals surface area contributed by atoms with Crippen molar-refractivity contribution in [1.82, 2.24) is 9.21 Å². The quantitative estimate of drug-likeness (QED) is 0.709. The molecule has 0 saturated carbocycles. The van der Waals surface area contributed by atoms with Gasteiger partial charge in [0.2, 0.25) is 15.9 Å². The number of nitrogens with one attached hydrogen (secondary N) is 1. The van der Waals surface area contributed by atoms with E-state index in [0.29, 0.717) is 18.8 Å². The Kier molecular flexibility index (Phi) is 7.35. The summed E-state index contributed by atoms with van der Waals surface area (Å²) >= 11 is 6.20. The van der Waals surface area contributed by atoms with Gasteiger partial charge in [0.05, 0.1) is 22.0 Å². The molecule has 166 valence electrons. The molecule has 0 unspecified atom stereocenters. The zero-order chi connectivity index (χ0) is 22.6. The molecule has 0 radical (unpaired) electrons. The number of likely N-dealkylation sites (N-methyl/N-ethyl adjacent to an activating group) is 1. The van der Waals surface area contributed by atoms with Gasteiger partial charge in [-0.25, -0.2) is 8.42 Å². The molecule has 1 fully saturated rings. The van der Waals surface area contributed by atoms with E-state index in [-0.39, 0.29) is 27.9 Å². The van der Waals surface area contributed by atoms with E-state index in [4.69, 9.17) is 11.6 Å². The molecule has 9 heteroatoms. The Morgan fingerprint density at radius 1 is 1.06 bits per heavy atom. The van der Waals surface area contributed by atoms with Crippen LogP contribution in [0.5, 0.6) is 0 Å². The summed E-state index contributed by atoms with van der Waals surface area (Å²) in [6, 6.07) is 11.4. The third-order valence-electron chi connectivity index (χ3n) is 5.18. The predicted octanol–water partition coefficient (Wildman–Crippen LogP) is 3.53. The molecule has 1 N–H and O–H groups in total. The molecule has 1 aliphatic heterocycles. The number of benzene rings is 2. The first-order valence-corrected chi connectivity index (χ1v) is 11.9. The summed E-state index contributed by atoms with van der Waals surface area (Å²) in [7, 11) is -2.23. The van der Waals surface area contributed by atoms with Crippen LogP contribution in [0.3, 0.4) is 0 Å². The third-order valence-corrected chi connectivity index (χ3v) is 7.41. The van der Waals surface area contributed by atoms with Crippen LogP contribution in [0, 0.1) is 6.92 Å². The average Bonchev–Trinajstić information content (AvgIpc) is 2.75. The molecule has 0 atom stereocenters. The predicted molar refractivity (Wildman–Crippen MR) is 121 cm³/mol. The molecule has 0 spiro atoms. The number of rotatable bonds is 6. The van der Waals surface area contributed by atoms with Crippen molar-refractivity contribution in [3.05, 3.63) is 58.6 Å². The molecule has 3 rings (SSSR count). The normalized spacial score (nSPS) is 14.8. The minimum Gasteiger partial charge on any atom is -0.332 e. The number of nitrogens with zero attached hydrogens (tertiary/aromatic N) is 2. The Hall–Kier alpha value is -2.42. The molecule has 2 amide bonds. The largest absolute Gasteiger partial charge is 0.332 e. The van der Waals surface area contributed by atoms with Crippen LogP contribution in [0.25, 0.3) is 0 Å². The number of hydrogen-bond donors (Lipinski definition) is 1. The van der Waals surface area contributed by atoms with Crippen LogP contribution < -0.4 is 5.32 Å². The van der Waals surface area contributed by atoms with E-state index >= 15 is 0 Å². The summed E-state index contributed by atoms with van der Waals surface area (Å²) in [5.41, 5.74) is 1.74. The van der Waals surface area contributed by atoms with Crippen LogP contribution in [0.4, 0.5) is 5.69 Å². The topological polar surface area (TPSA) is 86.8 Å². The van der Waals surface area contributed by atoms with Gasteiger partial charge < -0.3 is 10.2 Å². The van der Waals surface area contributed by atoms with E-state index in [1.54, 1.807) is 12.1 Å². The highest BCUT2D eigenvalue weighted by molar-refractivity contribution is 7.89. The Morgan fingerprint density at radius 2 is 1.71 bits per heavy atom. The van der Waals surface area contributed by atoms with Gasteiger partial charge in [-0.15, -0.1) is 0 Å². The smallest absolute Gasteiger partial charge is 0.255 e. The summed E-state index contributed by atoms with van der Waals surface area (Å²) in [4.78, 5) is 26.5. The zero-order valence-electron chi connectivity index (χ0n) is 17.6. The van der Waals surface area contributed by atoms with E-state index in [1.165, 1.54) is 34.5 Å². The van der Waals surface area contributed by atoms with Crippen molar-refractivity contribution in [3.8, 4) is 0 Å². The summed E-state index contributed by atoms with van der Waals surface area (Å²) in [6.07, 6.45) is 2.64. The number of carbonyl (C=O) groups is 2. The molecule has 1 aliphatic rings. The van der Waals surface area contributed by atoms with Crippen LogP contribution in [0.15, 0.2) is 47.4 Å². The highest BCUT2D eigenvalue weighted by atomic mass is 35.5. The first-order valence-electron chi connectivity index (χ1n) is 10.1. The van der Waals surface area contributed by atoms with Gasteiger partial charge in [-0.05, 0) is 50.1 Å². The highest BCUT2D eigenvalue weighted by Gasteiger charge is 2.28. The van der Waals surface area contributed by atoms with Crippen LogP contribution in [0.1, 0.15) is 35.2 Å². The molecule has 1 heterocycles. The molecule has 0 bridgehead atoms. The number of aryl methyl sites for hydroxylation is 1. The molecule has 31 heavy (non-hydrogen) atoms. The second kappa shape index (κ2) is 9.80. The lowest BCUT2D eigenvalue weighted by atomic mass is 10.2. The second-order valence-corrected chi connectivity index (χ2v) is 10.0. The Labute approximate surface area is 188 Å². The van der Waals surface area contributed by atoms with E-state index in [9.17, 15) is 18.0 Å². The number of halogens is 1. The lowest BCUT2D eigenvalue weighted by Crippen LogP contribution is -2.36. The van der Waals surface area contributed by atoms with Crippen LogP contribution >= 0.6 is 11.6 Å². The van der Waals surface area contributed by atoms with Gasteiger partial charge in [0.1, 0.15) is 0 Å². The Bertz CT molecular complexity index is 1060. The van der Waals surface area contributed by atoms with Gasteiger partial charge in [0.15, 0.2) is 0 Å². The number of hydrogen-bond acceptors (Lipinski definition) is 4. The molecule has 7 nitrogen and oxygen atoms in total. The standard InChI is InChI=1S/C22H26ClN3O4S/c1-16-6-8-17(9-7-16)24-21(27)15-25(2)22(28)19-14-18(10-11-20(19)23)31(29,30)26-12-4-3-5-13-26/h6-11,14H,3-5,12-13,15H2,1-2H3,(H,24,27). The van der Waals surface area contributed by atoms with E-state index in [0.717, 1.165) is 24.8 Å². The van der Waals surface area contributed by atoms with E-state index in [2.05, 4.69) is 5.32 Å². The Morgan fingerprint density at radius 3 is 2.35 bits per heavy atom. The average molecular weight is 464 g/mol. The summed E-state index contributed by atoms with van der Waals surface area (Å²) in [5, 5.41) is 2.86. The molecule has 2 aromatic carbocycles. The zero-order valence-corrected chi connectivity index (χ0v) is 19.2. The minimum absolute atomic E-state index is 0.0275. The van der Waals surface area contributed by atoms with Crippen molar-refractivity contribution in [2.24, 2.45) is 0 Å². The van der Waals surface area contributed by atoms with Crippen molar-refractivity contribution in [1.29, 1.82) is 0 Å². The fraction of sp³-hybridized carbons (Fsp3) is 0.364. The summed E-state index contributed by atoms with van der Waals surface area (Å²) < 4.78 is 27.3. The molecular formula is C22H26ClN3O4S. The van der Waals surface area contributed by atoms with Crippen molar-refractivity contribution in [2.45, 2.75) is 31.1 Å². The number of amides is 2. The lowest BCUT2D eigenvalue weighted by molar-refractivity contribution is -0.116. The number of piperidine rings is 1. The molecule has 0 aliphatic carbocycles. The maximum atomic E-state index is 12.9. The first-order chi connectivity index (χ1) is 14.7. The van der Waals surface area contributed by atoms with Gasteiger partial charge in [-0.1, -0.05) is 35.7 Å². The first kappa shape index (κ1) is 23.2. The number of anilines is 1. The Balaban J connectivity index is 1.73. The van der Waals surface area contributed by atoms with E-state index < -0.39 is 15.9 Å². The van der Waals surface area contributed by atoms with E-state index in [1.807, 2.05) is 19.1 Å². The fourth-order valence-corrected chi connectivity index (χ4v) is 5.16. The van der Waals surface area contributed by atoms with Gasteiger partial charge in [0.25, 0.3) is 5.91 Å². The minimum atomic E-state index is -3.70. The summed E-state index contributed by atoms with van der Waals surface area (Å²) in [6.45, 7) is 2.67. The van der Waals surface area contributed by atoms with Gasteiger partial charge >= 0.3 is 0 Å².